The van der Waals surface area contributed by atoms with Crippen LogP contribution < -0.4 is 0 Å². The van der Waals surface area contributed by atoms with Gasteiger partial charge in [0.25, 0.3) is 0 Å². The van der Waals surface area contributed by atoms with Crippen molar-refractivity contribution in [3.63, 3.8) is 0 Å². The second kappa shape index (κ2) is 13.1. The van der Waals surface area contributed by atoms with Crippen LogP contribution in [0.4, 0.5) is 5.69 Å². The molecule has 0 saturated carbocycles. The van der Waals surface area contributed by atoms with Gasteiger partial charge in [0.2, 0.25) is 0 Å². The molecule has 0 aliphatic carbocycles. The van der Waals surface area contributed by atoms with Gasteiger partial charge in [0, 0.05) is 55.9 Å². The third-order valence-electron chi connectivity index (χ3n) is 12.3. The maximum atomic E-state index is 6.60. The number of aliphatic imine (C=N–C) groups is 1. The van der Waals surface area contributed by atoms with Crippen molar-refractivity contribution >= 4 is 76.7 Å². The lowest BCUT2D eigenvalue weighted by Crippen LogP contribution is -2.01. The van der Waals surface area contributed by atoms with Gasteiger partial charge in [-0.05, 0) is 87.8 Å². The summed E-state index contributed by atoms with van der Waals surface area (Å²) >= 11 is 0. The molecule has 0 saturated heterocycles. The minimum atomic E-state index is 0.606. The highest BCUT2D eigenvalue weighted by molar-refractivity contribution is 6.24. The summed E-state index contributed by atoms with van der Waals surface area (Å²) in [6.45, 7) is 0. The summed E-state index contributed by atoms with van der Waals surface area (Å²) in [6, 6.07) is 65.7. The second-order valence-corrected chi connectivity index (χ2v) is 15.8. The number of rotatable bonds is 5. The highest BCUT2D eigenvalue weighted by Gasteiger charge is 2.25. The maximum absolute atomic E-state index is 6.60. The number of aromatic nitrogens is 4. The van der Waals surface area contributed by atoms with Crippen LogP contribution >= 0.6 is 0 Å². The van der Waals surface area contributed by atoms with Crippen molar-refractivity contribution in [1.82, 2.24) is 19.5 Å². The van der Waals surface area contributed by atoms with E-state index < -0.39 is 0 Å². The third-order valence-corrected chi connectivity index (χ3v) is 12.3. The molecule has 284 valence electrons. The quantitative estimate of drug-likeness (QED) is 0.174. The van der Waals surface area contributed by atoms with Crippen LogP contribution in [0.5, 0.6) is 0 Å². The van der Waals surface area contributed by atoms with E-state index in [9.17, 15) is 0 Å². The van der Waals surface area contributed by atoms with Crippen molar-refractivity contribution in [2.24, 2.45) is 4.99 Å². The smallest absolute Gasteiger partial charge is 0.164 e. The van der Waals surface area contributed by atoms with E-state index in [-0.39, 0.29) is 0 Å². The Balaban J connectivity index is 0.980. The van der Waals surface area contributed by atoms with Gasteiger partial charge in [-0.3, -0.25) is 4.99 Å². The number of nitrogens with zero attached hydrogens (tertiary/aromatic N) is 5. The molecule has 0 N–H and O–H groups in total. The Morgan fingerprint density at radius 1 is 0.426 bits per heavy atom. The zero-order valence-electron chi connectivity index (χ0n) is 32.7. The fraction of sp³-hybridized carbons (Fsp3) is 0.0182. The Morgan fingerprint density at radius 2 is 1.03 bits per heavy atom. The van der Waals surface area contributed by atoms with Crippen LogP contribution in [-0.4, -0.2) is 25.2 Å². The van der Waals surface area contributed by atoms with Gasteiger partial charge in [0.1, 0.15) is 11.2 Å². The van der Waals surface area contributed by atoms with Crippen LogP contribution in [0.15, 0.2) is 197 Å². The van der Waals surface area contributed by atoms with Crippen LogP contribution in [0.25, 0.3) is 105 Å². The largest absolute Gasteiger partial charge is 0.456 e. The van der Waals surface area contributed by atoms with E-state index in [4.69, 9.17) is 24.4 Å². The summed E-state index contributed by atoms with van der Waals surface area (Å²) in [5, 5.41) is 9.13. The fourth-order valence-electron chi connectivity index (χ4n) is 9.46. The summed E-state index contributed by atoms with van der Waals surface area (Å²) in [5.41, 5.74) is 12.3. The molecule has 1 aliphatic heterocycles. The molecule has 0 fully saturated rings. The van der Waals surface area contributed by atoms with Crippen LogP contribution in [0.2, 0.25) is 0 Å². The predicted octanol–water partition coefficient (Wildman–Crippen LogP) is 13.9. The molecule has 61 heavy (non-hydrogen) atoms. The first-order valence-corrected chi connectivity index (χ1v) is 20.6. The van der Waals surface area contributed by atoms with Gasteiger partial charge in [0.05, 0.1) is 22.4 Å². The molecule has 6 heteroatoms. The van der Waals surface area contributed by atoms with Crippen molar-refractivity contribution in [3.05, 3.63) is 199 Å². The van der Waals surface area contributed by atoms with Crippen molar-refractivity contribution in [2.45, 2.75) is 6.42 Å². The average molecular weight is 780 g/mol. The van der Waals surface area contributed by atoms with Crippen LogP contribution in [0.3, 0.4) is 0 Å². The molecular formula is C55H33N5O. The molecule has 0 amide bonds. The van der Waals surface area contributed by atoms with E-state index in [0.717, 1.165) is 89.3 Å². The summed E-state index contributed by atoms with van der Waals surface area (Å²) in [4.78, 5) is 20.8. The number of fused-ring (bicyclic) bond motifs is 11. The molecule has 3 aromatic heterocycles. The number of hydrogen-bond acceptors (Lipinski definition) is 5. The molecule has 0 atom stereocenters. The lowest BCUT2D eigenvalue weighted by Gasteiger charge is -2.10. The first-order chi connectivity index (χ1) is 30.2. The number of furan rings is 1. The summed E-state index contributed by atoms with van der Waals surface area (Å²) in [6.07, 6.45) is 0.719. The van der Waals surface area contributed by atoms with Gasteiger partial charge in [0.15, 0.2) is 17.5 Å². The summed E-state index contributed by atoms with van der Waals surface area (Å²) in [7, 11) is 0. The van der Waals surface area contributed by atoms with Gasteiger partial charge in [-0.25, -0.2) is 15.0 Å². The lowest BCUT2D eigenvalue weighted by atomic mass is 9.94. The van der Waals surface area contributed by atoms with Crippen molar-refractivity contribution < 1.29 is 4.42 Å². The summed E-state index contributed by atoms with van der Waals surface area (Å²) < 4.78 is 8.92. The Morgan fingerprint density at radius 3 is 1.87 bits per heavy atom. The first-order valence-electron chi connectivity index (χ1n) is 20.6. The highest BCUT2D eigenvalue weighted by Crippen LogP contribution is 2.44. The molecule has 1 aliphatic rings. The molecule has 0 bridgehead atoms. The van der Waals surface area contributed by atoms with Crippen molar-refractivity contribution in [1.29, 1.82) is 0 Å². The van der Waals surface area contributed by atoms with Gasteiger partial charge in [-0.15, -0.1) is 0 Å². The molecule has 6 nitrogen and oxygen atoms in total. The number of para-hydroxylation sites is 2. The Kier molecular flexibility index (Phi) is 7.27. The van der Waals surface area contributed by atoms with Gasteiger partial charge >= 0.3 is 0 Å². The highest BCUT2D eigenvalue weighted by atomic mass is 16.3. The third kappa shape index (κ3) is 5.29. The van der Waals surface area contributed by atoms with Crippen LogP contribution in [0, 0.1) is 0 Å². The molecule has 13 rings (SSSR count). The topological polar surface area (TPSA) is 69.1 Å². The SMILES string of the molecule is c1ccc(-c2nc(-c3ccc4ccc5oc6ccc7c(c6c5c4c3)CC(c3cccc4ccccc34)=N7)nc(-c3ccc4c(c3)c3ccccc3n4-c3ccccc3)n2)cc1. The molecule has 0 radical (unpaired) electrons. The fourth-order valence-corrected chi connectivity index (χ4v) is 9.46. The average Bonchev–Trinajstić information content (AvgIpc) is 4.03. The molecule has 0 unspecified atom stereocenters. The molecular weight excluding hydrogens is 747 g/mol. The Hall–Kier alpha value is -8.22. The maximum Gasteiger partial charge on any atom is 0.164 e. The molecule has 9 aromatic carbocycles. The summed E-state index contributed by atoms with van der Waals surface area (Å²) in [5.74, 6) is 1.84. The van der Waals surface area contributed by atoms with E-state index in [2.05, 4.69) is 174 Å². The van der Waals surface area contributed by atoms with Crippen LogP contribution in [-0.2, 0) is 6.42 Å². The van der Waals surface area contributed by atoms with Gasteiger partial charge < -0.3 is 8.98 Å². The zero-order valence-corrected chi connectivity index (χ0v) is 32.7. The minimum Gasteiger partial charge on any atom is -0.456 e. The Labute approximate surface area is 349 Å². The first kappa shape index (κ1) is 33.7. The van der Waals surface area contributed by atoms with Gasteiger partial charge in [-0.1, -0.05) is 127 Å². The van der Waals surface area contributed by atoms with Gasteiger partial charge in [-0.2, -0.15) is 0 Å². The van der Waals surface area contributed by atoms with E-state index in [1.807, 2.05) is 18.2 Å². The standard InChI is InChI=1S/C55H33N5O/c1-3-13-35(14-4-1)53-57-54(59-55(58-53)37-24-27-48-43(31-37)41-19-9-10-21-47(41)60(48)38-16-5-2-6-17-38)36-23-22-34-25-28-49-51(42(34)30-36)52-44-32-46(56-45(44)26-29-50(52)61-49)40-20-11-15-33-12-7-8-18-39(33)40/h1-31H,32H2. The normalized spacial score (nSPS) is 12.6. The van der Waals surface area contributed by atoms with E-state index in [1.165, 1.54) is 27.3 Å². The zero-order chi connectivity index (χ0) is 40.0. The van der Waals surface area contributed by atoms with E-state index in [1.54, 1.807) is 0 Å². The number of hydrogen-bond donors (Lipinski definition) is 0. The molecule has 0 spiro atoms. The predicted molar refractivity (Wildman–Crippen MR) is 249 cm³/mol. The van der Waals surface area contributed by atoms with E-state index >= 15 is 0 Å². The Bertz CT molecular complexity index is 3780. The minimum absolute atomic E-state index is 0.606. The van der Waals surface area contributed by atoms with Crippen molar-refractivity contribution in [3.8, 4) is 39.9 Å². The lowest BCUT2D eigenvalue weighted by molar-refractivity contribution is 0.669. The second-order valence-electron chi connectivity index (χ2n) is 15.8. The molecule has 12 aromatic rings. The van der Waals surface area contributed by atoms with Crippen molar-refractivity contribution in [2.75, 3.05) is 0 Å². The monoisotopic (exact) mass is 779 g/mol. The number of benzene rings is 9. The van der Waals surface area contributed by atoms with E-state index in [0.29, 0.717) is 17.5 Å². The van der Waals surface area contributed by atoms with Crippen LogP contribution in [0.1, 0.15) is 11.1 Å². The molecule has 4 heterocycles.